The fourth-order valence-corrected chi connectivity index (χ4v) is 1.62. The molecule has 0 bridgehead atoms. The molecule has 2 rings (SSSR count). The van der Waals surface area contributed by atoms with Gasteiger partial charge in [0, 0.05) is 5.92 Å². The van der Waals surface area contributed by atoms with Crippen LogP contribution >= 0.6 is 15.9 Å². The number of hydrogen-bond acceptors (Lipinski definition) is 2. The van der Waals surface area contributed by atoms with E-state index in [-0.39, 0.29) is 11.7 Å². The van der Waals surface area contributed by atoms with Crippen LogP contribution in [0, 0.1) is 5.92 Å². The van der Waals surface area contributed by atoms with Gasteiger partial charge in [0.1, 0.15) is 0 Å². The molecule has 1 aliphatic carbocycles. The molecule has 0 saturated heterocycles. The van der Waals surface area contributed by atoms with Crippen LogP contribution in [-0.4, -0.2) is 5.78 Å². The summed E-state index contributed by atoms with van der Waals surface area (Å²) < 4.78 is 5.80. The maximum Gasteiger partial charge on any atom is 0.201 e. The molecule has 1 aromatic heterocycles. The molecular formula is C9H9BrO2. The summed E-state index contributed by atoms with van der Waals surface area (Å²) in [6.07, 6.45) is 3.23. The van der Waals surface area contributed by atoms with Gasteiger partial charge in [-0.05, 0) is 40.9 Å². The standard InChI is InChI=1S/C9H9BrO2/c10-8-5-4-7(12-8)9(11)6-2-1-3-6/h4-6H,1-3H2. The van der Waals surface area contributed by atoms with Crippen molar-refractivity contribution in [2.24, 2.45) is 5.92 Å². The zero-order valence-corrected chi connectivity index (χ0v) is 8.13. The Morgan fingerprint density at radius 3 is 2.67 bits per heavy atom. The van der Waals surface area contributed by atoms with Gasteiger partial charge in [0.25, 0.3) is 0 Å². The van der Waals surface area contributed by atoms with Crippen molar-refractivity contribution in [1.29, 1.82) is 0 Å². The Hall–Kier alpha value is -0.570. The molecule has 0 aromatic carbocycles. The molecule has 1 aliphatic rings. The molecule has 0 unspecified atom stereocenters. The first kappa shape index (κ1) is 8.05. The van der Waals surface area contributed by atoms with Gasteiger partial charge in [-0.1, -0.05) is 6.42 Å². The average molecular weight is 229 g/mol. The molecule has 0 N–H and O–H groups in total. The van der Waals surface area contributed by atoms with E-state index < -0.39 is 0 Å². The summed E-state index contributed by atoms with van der Waals surface area (Å²) in [5.74, 6) is 0.876. The summed E-state index contributed by atoms with van der Waals surface area (Å²) in [7, 11) is 0. The van der Waals surface area contributed by atoms with Gasteiger partial charge < -0.3 is 4.42 Å². The van der Waals surface area contributed by atoms with E-state index in [4.69, 9.17) is 4.42 Å². The summed E-state index contributed by atoms with van der Waals surface area (Å²) in [6, 6.07) is 3.48. The van der Waals surface area contributed by atoms with E-state index in [2.05, 4.69) is 15.9 Å². The van der Waals surface area contributed by atoms with Crippen molar-refractivity contribution in [1.82, 2.24) is 0 Å². The van der Waals surface area contributed by atoms with Gasteiger partial charge in [-0.15, -0.1) is 0 Å². The minimum Gasteiger partial charge on any atom is -0.446 e. The lowest BCUT2D eigenvalue weighted by Crippen LogP contribution is -2.21. The van der Waals surface area contributed by atoms with Gasteiger partial charge in [0.15, 0.2) is 10.4 Å². The number of carbonyl (C=O) groups is 1. The van der Waals surface area contributed by atoms with Crippen LogP contribution in [0.25, 0.3) is 0 Å². The number of rotatable bonds is 2. The number of carbonyl (C=O) groups excluding carboxylic acids is 1. The summed E-state index contributed by atoms with van der Waals surface area (Å²) in [5.41, 5.74) is 0. The van der Waals surface area contributed by atoms with Crippen molar-refractivity contribution < 1.29 is 9.21 Å². The maximum atomic E-state index is 11.5. The second-order valence-corrected chi connectivity index (χ2v) is 3.88. The Kier molecular flexibility index (Phi) is 2.05. The summed E-state index contributed by atoms with van der Waals surface area (Å²) in [5, 5.41) is 0. The van der Waals surface area contributed by atoms with Gasteiger partial charge in [0.05, 0.1) is 0 Å². The van der Waals surface area contributed by atoms with E-state index in [1.54, 1.807) is 12.1 Å². The summed E-state index contributed by atoms with van der Waals surface area (Å²) >= 11 is 3.17. The molecule has 1 fully saturated rings. The smallest absolute Gasteiger partial charge is 0.201 e. The van der Waals surface area contributed by atoms with Crippen molar-refractivity contribution in [3.05, 3.63) is 22.6 Å². The predicted octanol–water partition coefficient (Wildman–Crippen LogP) is 3.02. The third-order valence-electron chi connectivity index (χ3n) is 2.29. The van der Waals surface area contributed by atoms with Crippen molar-refractivity contribution in [3.63, 3.8) is 0 Å². The summed E-state index contributed by atoms with van der Waals surface area (Å²) in [4.78, 5) is 11.5. The van der Waals surface area contributed by atoms with Crippen LogP contribution in [0.4, 0.5) is 0 Å². The van der Waals surface area contributed by atoms with Crippen LogP contribution < -0.4 is 0 Å². The second-order valence-electron chi connectivity index (χ2n) is 3.10. The number of hydrogen-bond donors (Lipinski definition) is 0. The fraction of sp³-hybridized carbons (Fsp3) is 0.444. The van der Waals surface area contributed by atoms with Crippen molar-refractivity contribution in [2.45, 2.75) is 19.3 Å². The van der Waals surface area contributed by atoms with Crippen LogP contribution in [0.2, 0.25) is 0 Å². The van der Waals surface area contributed by atoms with Crippen LogP contribution in [0.15, 0.2) is 21.2 Å². The molecule has 12 heavy (non-hydrogen) atoms. The van der Waals surface area contributed by atoms with E-state index in [9.17, 15) is 4.79 Å². The SMILES string of the molecule is O=C(c1ccc(Br)o1)C1CCC1. The molecule has 1 aromatic rings. The van der Waals surface area contributed by atoms with Crippen molar-refractivity contribution in [3.8, 4) is 0 Å². The van der Waals surface area contributed by atoms with Gasteiger partial charge in [-0.2, -0.15) is 0 Å². The third kappa shape index (κ3) is 1.33. The first-order valence-corrected chi connectivity index (χ1v) is 4.86. The van der Waals surface area contributed by atoms with Gasteiger partial charge in [0.2, 0.25) is 5.78 Å². The Labute approximate surface area is 79.1 Å². The van der Waals surface area contributed by atoms with Crippen molar-refractivity contribution >= 4 is 21.7 Å². The second kappa shape index (κ2) is 3.05. The lowest BCUT2D eigenvalue weighted by atomic mass is 9.81. The van der Waals surface area contributed by atoms with E-state index in [1.807, 2.05) is 0 Å². The molecule has 0 spiro atoms. The normalized spacial score (nSPS) is 17.4. The highest BCUT2D eigenvalue weighted by Crippen LogP contribution is 2.30. The maximum absolute atomic E-state index is 11.5. The largest absolute Gasteiger partial charge is 0.446 e. The zero-order chi connectivity index (χ0) is 8.55. The quantitative estimate of drug-likeness (QED) is 0.729. The van der Waals surface area contributed by atoms with Crippen LogP contribution in [-0.2, 0) is 0 Å². The Bertz CT molecular complexity index is 299. The monoisotopic (exact) mass is 228 g/mol. The third-order valence-corrected chi connectivity index (χ3v) is 2.72. The minimum atomic E-state index is 0.159. The topological polar surface area (TPSA) is 30.2 Å². The molecule has 2 nitrogen and oxygen atoms in total. The fourth-order valence-electron chi connectivity index (χ4n) is 1.32. The highest BCUT2D eigenvalue weighted by molar-refractivity contribution is 9.10. The highest BCUT2D eigenvalue weighted by Gasteiger charge is 2.27. The Morgan fingerprint density at radius 2 is 2.25 bits per heavy atom. The minimum absolute atomic E-state index is 0.159. The molecule has 0 atom stereocenters. The first-order chi connectivity index (χ1) is 5.77. The van der Waals surface area contributed by atoms with Gasteiger partial charge >= 0.3 is 0 Å². The molecule has 64 valence electrons. The van der Waals surface area contributed by atoms with Crippen LogP contribution in [0.3, 0.4) is 0 Å². The van der Waals surface area contributed by atoms with Gasteiger partial charge in [-0.25, -0.2) is 0 Å². The van der Waals surface area contributed by atoms with Crippen LogP contribution in [0.5, 0.6) is 0 Å². The molecule has 1 saturated carbocycles. The number of furan rings is 1. The van der Waals surface area contributed by atoms with Gasteiger partial charge in [-0.3, -0.25) is 4.79 Å². The van der Waals surface area contributed by atoms with E-state index in [0.29, 0.717) is 10.4 Å². The lowest BCUT2D eigenvalue weighted by Gasteiger charge is -2.22. The Balaban J connectivity index is 2.13. The Morgan fingerprint density at radius 1 is 1.50 bits per heavy atom. The zero-order valence-electron chi connectivity index (χ0n) is 6.55. The molecule has 0 radical (unpaired) electrons. The van der Waals surface area contributed by atoms with Crippen molar-refractivity contribution in [2.75, 3.05) is 0 Å². The highest BCUT2D eigenvalue weighted by atomic mass is 79.9. The lowest BCUT2D eigenvalue weighted by molar-refractivity contribution is 0.0824. The van der Waals surface area contributed by atoms with Crippen LogP contribution in [0.1, 0.15) is 29.8 Å². The number of halogens is 1. The van der Waals surface area contributed by atoms with E-state index in [1.165, 1.54) is 6.42 Å². The molecule has 3 heteroatoms. The van der Waals surface area contributed by atoms with E-state index in [0.717, 1.165) is 12.8 Å². The molecule has 0 aliphatic heterocycles. The molecule has 0 amide bonds. The average Bonchev–Trinajstić information content (AvgIpc) is 2.31. The first-order valence-electron chi connectivity index (χ1n) is 4.07. The number of ketones is 1. The molecular weight excluding hydrogens is 220 g/mol. The number of Topliss-reactive ketones (excluding diaryl/α,β-unsaturated/α-hetero) is 1. The molecule has 1 heterocycles. The predicted molar refractivity (Wildman–Crippen MR) is 48.1 cm³/mol. The summed E-state index contributed by atoms with van der Waals surface area (Å²) in [6.45, 7) is 0. The van der Waals surface area contributed by atoms with E-state index >= 15 is 0 Å².